The molecule has 2 rings (SSSR count). The van der Waals surface area contributed by atoms with Crippen molar-refractivity contribution in [2.24, 2.45) is 5.92 Å². The van der Waals surface area contributed by atoms with Crippen molar-refractivity contribution in [3.8, 4) is 0 Å². The Labute approximate surface area is 196 Å². The molecule has 5 N–H and O–H groups in total. The summed E-state index contributed by atoms with van der Waals surface area (Å²) in [6.45, 7) is 2.92. The molecule has 12 nitrogen and oxygen atoms in total. The van der Waals surface area contributed by atoms with Gasteiger partial charge in [-0.25, -0.2) is 0 Å². The number of carbonyl (C=O) groups excluding carboxylic acids is 2. The molecule has 2 fully saturated rings. The Morgan fingerprint density at radius 3 is 2.13 bits per heavy atom. The molecule has 0 saturated carbocycles. The maximum absolute atomic E-state index is 11.6. The van der Waals surface area contributed by atoms with Crippen LogP contribution in [0.4, 0.5) is 0 Å². The molecular weight excluding hydrogens is 417 g/mol. The maximum atomic E-state index is 11.6. The zero-order chi connectivity index (χ0) is 21.2. The number of aliphatic hydroxyl groups is 4. The second-order valence-corrected chi connectivity index (χ2v) is 6.75. The molecule has 0 spiro atoms. The van der Waals surface area contributed by atoms with Gasteiger partial charge in [-0.1, -0.05) is 14.4 Å². The van der Waals surface area contributed by atoms with Crippen LogP contribution in [-0.4, -0.2) is 94.8 Å². The van der Waals surface area contributed by atoms with Crippen LogP contribution in [0.5, 0.6) is 0 Å². The van der Waals surface area contributed by atoms with E-state index in [1.165, 1.54) is 6.92 Å². The fourth-order valence-corrected chi connectivity index (χ4v) is 3.48. The van der Waals surface area contributed by atoms with Gasteiger partial charge in [0.25, 0.3) is 0 Å². The predicted molar refractivity (Wildman–Crippen MR) is 92.6 cm³/mol. The summed E-state index contributed by atoms with van der Waals surface area (Å²) in [6.07, 6.45) is -12.5. The summed E-state index contributed by atoms with van der Waals surface area (Å²) in [7, 11) is 1.15. The third-order valence-corrected chi connectivity index (χ3v) is 4.90. The average molecular weight is 447 g/mol. The summed E-state index contributed by atoms with van der Waals surface area (Å²) < 4.78 is 20.6. The number of methoxy groups -OCH3 is 1. The average Bonchev–Trinajstić information content (AvgIpc) is 2.62. The largest absolute Gasteiger partial charge is 1.00 e. The van der Waals surface area contributed by atoms with Gasteiger partial charge < -0.3 is 54.6 Å². The molecule has 170 valence electrons. The zero-order valence-electron chi connectivity index (χ0n) is 16.6. The van der Waals surface area contributed by atoms with E-state index in [1.807, 2.05) is 0 Å². The van der Waals surface area contributed by atoms with Crippen molar-refractivity contribution in [3.63, 3.8) is 0 Å². The summed E-state index contributed by atoms with van der Waals surface area (Å²) in [5.41, 5.74) is 0. The van der Waals surface area contributed by atoms with Gasteiger partial charge in [-0.3, -0.25) is 4.79 Å². The molecule has 2 aliphatic heterocycles. The number of hydrogen-bond donors (Lipinski definition) is 5. The number of ether oxygens (including phenoxy) is 4. The first kappa shape index (κ1) is 29.6. The minimum atomic E-state index is -1.84. The Morgan fingerprint density at radius 2 is 1.67 bits per heavy atom. The van der Waals surface area contributed by atoms with Crippen molar-refractivity contribution in [3.05, 3.63) is 0 Å². The summed E-state index contributed by atoms with van der Waals surface area (Å²) in [5, 5.41) is 54.4. The number of carboxylic acid groups (broad SMARTS) is 1. The fourth-order valence-electron chi connectivity index (χ4n) is 3.48. The molecule has 30 heavy (non-hydrogen) atoms. The number of aliphatic hydroxyl groups excluding tert-OH is 4. The Balaban J connectivity index is 0.00000420. The van der Waals surface area contributed by atoms with Crippen molar-refractivity contribution in [1.82, 2.24) is 5.32 Å². The van der Waals surface area contributed by atoms with Gasteiger partial charge in [-0.15, -0.1) is 0 Å². The smallest absolute Gasteiger partial charge is 0.547 e. The first-order chi connectivity index (χ1) is 13.1. The Hall–Kier alpha value is -0.380. The second-order valence-electron chi connectivity index (χ2n) is 6.75. The Morgan fingerprint density at radius 1 is 1.07 bits per heavy atom. The normalized spacial score (nSPS) is 41.2. The van der Waals surface area contributed by atoms with Crippen LogP contribution in [0.1, 0.15) is 27.7 Å². The first-order valence-corrected chi connectivity index (χ1v) is 8.81. The van der Waals surface area contributed by atoms with Crippen molar-refractivity contribution < 1.29 is 83.6 Å². The minimum Gasteiger partial charge on any atom is -0.547 e. The number of amides is 1. The standard InChI is InChI=1S/C16H27NO11.CH4.Na/c1-4-6-7(17-5(2)18)15(28-14(24)8(6)19)26-11-9(20)10(21)16(25-3)27-12(11)13(22)23;;/h6-12,14-16,19-21,24H,4H2,1-3H3,(H,17,18)(H,22,23);1H4;/q;;+1/p-1/t6?,7-,8-,9+,10+,11-,12-,14+,15-,16?;;/m1../s1. The van der Waals surface area contributed by atoms with Crippen molar-refractivity contribution in [1.29, 1.82) is 0 Å². The van der Waals surface area contributed by atoms with Crippen molar-refractivity contribution in [2.45, 2.75) is 83.1 Å². The van der Waals surface area contributed by atoms with E-state index in [2.05, 4.69) is 5.32 Å². The molecule has 0 aromatic carbocycles. The van der Waals surface area contributed by atoms with E-state index in [-0.39, 0.29) is 37.0 Å². The van der Waals surface area contributed by atoms with Gasteiger partial charge in [-0.05, 0) is 6.42 Å². The van der Waals surface area contributed by atoms with Crippen LogP contribution in [0.25, 0.3) is 0 Å². The van der Waals surface area contributed by atoms with Crippen LogP contribution in [-0.2, 0) is 28.5 Å². The fraction of sp³-hybridized carbons (Fsp3) is 0.882. The SMILES string of the molecule is C.CCC1[C@@H](O)[C@@H](O)O[C@@H](O[C@@H]2[C@@H](O)[C@H](O)C(OC)O[C@H]2C(=O)[O-])[C@@H]1NC(C)=O.[Na+]. The van der Waals surface area contributed by atoms with E-state index in [0.717, 1.165) is 7.11 Å². The van der Waals surface area contributed by atoms with Gasteiger partial charge in [0, 0.05) is 20.0 Å². The van der Waals surface area contributed by atoms with Crippen LogP contribution in [0.2, 0.25) is 0 Å². The van der Waals surface area contributed by atoms with Crippen LogP contribution in [0.15, 0.2) is 0 Å². The molecule has 0 radical (unpaired) electrons. The van der Waals surface area contributed by atoms with E-state index >= 15 is 0 Å². The Kier molecular flexibility index (Phi) is 12.4. The minimum absolute atomic E-state index is 0. The predicted octanol–water partition coefficient (Wildman–Crippen LogP) is -6.58. The van der Waals surface area contributed by atoms with Gasteiger partial charge in [0.1, 0.15) is 30.5 Å². The van der Waals surface area contributed by atoms with Gasteiger partial charge in [0.15, 0.2) is 18.9 Å². The van der Waals surface area contributed by atoms with Crippen LogP contribution in [0.3, 0.4) is 0 Å². The summed E-state index contributed by atoms with van der Waals surface area (Å²) in [4.78, 5) is 23.0. The van der Waals surface area contributed by atoms with Crippen LogP contribution in [0, 0.1) is 5.92 Å². The van der Waals surface area contributed by atoms with Gasteiger partial charge >= 0.3 is 29.6 Å². The number of carboxylic acids is 1. The molecule has 13 heteroatoms. The molecule has 2 aliphatic rings. The molecule has 0 aliphatic carbocycles. The number of carbonyl (C=O) groups is 2. The molecule has 2 saturated heterocycles. The molecule has 1 amide bonds. The third kappa shape index (κ3) is 6.33. The molecule has 0 aromatic heterocycles. The van der Waals surface area contributed by atoms with Crippen molar-refractivity contribution in [2.75, 3.05) is 7.11 Å². The molecular formula is C17H30NNaO11. The van der Waals surface area contributed by atoms with Gasteiger partial charge in [-0.2, -0.15) is 0 Å². The van der Waals surface area contributed by atoms with E-state index in [0.29, 0.717) is 6.42 Å². The Bertz CT molecular complexity index is 568. The van der Waals surface area contributed by atoms with Crippen LogP contribution >= 0.6 is 0 Å². The molecule has 2 heterocycles. The molecule has 0 bridgehead atoms. The summed E-state index contributed by atoms with van der Waals surface area (Å²) in [6, 6.07) is -0.979. The van der Waals surface area contributed by atoms with Gasteiger partial charge in [0.2, 0.25) is 5.91 Å². The van der Waals surface area contributed by atoms with E-state index in [4.69, 9.17) is 18.9 Å². The second kappa shape index (κ2) is 12.6. The first-order valence-electron chi connectivity index (χ1n) is 8.81. The zero-order valence-corrected chi connectivity index (χ0v) is 18.6. The number of nitrogens with one attached hydrogen (secondary N) is 1. The van der Waals surface area contributed by atoms with Crippen LogP contribution < -0.4 is 40.0 Å². The number of aliphatic carboxylic acids is 1. The number of hydrogen-bond acceptors (Lipinski definition) is 11. The molecule has 2 unspecified atom stereocenters. The van der Waals surface area contributed by atoms with E-state index in [9.17, 15) is 35.1 Å². The molecule has 10 atom stereocenters. The third-order valence-electron chi connectivity index (χ3n) is 4.90. The van der Waals surface area contributed by atoms with E-state index < -0.39 is 73.2 Å². The molecule has 0 aromatic rings. The topological polar surface area (TPSA) is 187 Å². The summed E-state index contributed by atoms with van der Waals surface area (Å²) in [5.74, 6) is -2.92. The van der Waals surface area contributed by atoms with Crippen molar-refractivity contribution >= 4 is 11.9 Å². The number of rotatable bonds is 6. The van der Waals surface area contributed by atoms with E-state index in [1.54, 1.807) is 6.92 Å². The monoisotopic (exact) mass is 447 g/mol. The maximum Gasteiger partial charge on any atom is 1.00 e. The quantitative estimate of drug-likeness (QED) is 0.244. The summed E-state index contributed by atoms with van der Waals surface area (Å²) >= 11 is 0. The van der Waals surface area contributed by atoms with Gasteiger partial charge in [0.05, 0.1) is 12.0 Å².